The van der Waals surface area contributed by atoms with Crippen LogP contribution in [0.1, 0.15) is 42.4 Å². The molecule has 0 aliphatic heterocycles. The molecule has 2 aromatic carbocycles. The van der Waals surface area contributed by atoms with E-state index in [2.05, 4.69) is 31.2 Å². The van der Waals surface area contributed by atoms with E-state index < -0.39 is 5.60 Å². The molecule has 126 valence electrons. The Hall–Kier alpha value is -2.13. The van der Waals surface area contributed by atoms with Crippen molar-refractivity contribution in [1.29, 1.82) is 0 Å². The highest BCUT2D eigenvalue weighted by Gasteiger charge is 2.37. The Morgan fingerprint density at radius 1 is 1.04 bits per heavy atom. The summed E-state index contributed by atoms with van der Waals surface area (Å²) < 4.78 is 5.24. The van der Waals surface area contributed by atoms with Gasteiger partial charge in [-0.2, -0.15) is 0 Å². The van der Waals surface area contributed by atoms with Crippen molar-refractivity contribution in [2.45, 2.75) is 44.8 Å². The maximum Gasteiger partial charge on any atom is 0.118 e. The van der Waals surface area contributed by atoms with Gasteiger partial charge in [-0.05, 0) is 55.2 Å². The first-order valence-corrected chi connectivity index (χ1v) is 8.58. The molecule has 3 heteroatoms. The molecule has 1 fully saturated rings. The van der Waals surface area contributed by atoms with E-state index >= 15 is 0 Å². The lowest BCUT2D eigenvalue weighted by atomic mass is 9.90. The van der Waals surface area contributed by atoms with Crippen molar-refractivity contribution in [3.8, 4) is 5.75 Å². The van der Waals surface area contributed by atoms with Crippen LogP contribution < -0.4 is 4.74 Å². The molecule has 3 rings (SSSR count). The molecule has 0 heterocycles. The van der Waals surface area contributed by atoms with Crippen molar-refractivity contribution in [2.24, 2.45) is 4.99 Å². The molecule has 1 aliphatic rings. The van der Waals surface area contributed by atoms with Gasteiger partial charge >= 0.3 is 0 Å². The van der Waals surface area contributed by atoms with Crippen LogP contribution in [0.3, 0.4) is 0 Å². The SMILES string of the molecule is COc1ccc(C(=NCc2ccc(C)cc2)C2(O)CCCC2)cc1. The molecular formula is C21H25NO2. The summed E-state index contributed by atoms with van der Waals surface area (Å²) in [7, 11) is 1.66. The summed E-state index contributed by atoms with van der Waals surface area (Å²) >= 11 is 0. The van der Waals surface area contributed by atoms with Crippen molar-refractivity contribution < 1.29 is 9.84 Å². The normalized spacial score (nSPS) is 17.0. The Morgan fingerprint density at radius 3 is 2.25 bits per heavy atom. The minimum Gasteiger partial charge on any atom is -0.497 e. The van der Waals surface area contributed by atoms with E-state index in [4.69, 9.17) is 9.73 Å². The number of methoxy groups -OCH3 is 1. The standard InChI is InChI=1S/C21H25NO2/c1-16-5-7-17(8-6-16)15-22-20(21(23)13-3-4-14-21)18-9-11-19(24-2)12-10-18/h5-12,23H,3-4,13-15H2,1-2H3. The Morgan fingerprint density at radius 2 is 1.67 bits per heavy atom. The van der Waals surface area contributed by atoms with Gasteiger partial charge in [-0.25, -0.2) is 0 Å². The lowest BCUT2D eigenvalue weighted by molar-refractivity contribution is 0.120. The van der Waals surface area contributed by atoms with Gasteiger partial charge in [0.2, 0.25) is 0 Å². The Bertz CT molecular complexity index is 696. The van der Waals surface area contributed by atoms with E-state index in [1.165, 1.54) is 5.56 Å². The maximum atomic E-state index is 11.1. The average molecular weight is 323 g/mol. The number of aliphatic imine (C=N–C) groups is 1. The quantitative estimate of drug-likeness (QED) is 0.834. The second-order valence-corrected chi connectivity index (χ2v) is 6.62. The second kappa shape index (κ2) is 7.18. The maximum absolute atomic E-state index is 11.1. The summed E-state index contributed by atoms with van der Waals surface area (Å²) in [6.07, 6.45) is 3.67. The first-order chi connectivity index (χ1) is 11.6. The smallest absolute Gasteiger partial charge is 0.118 e. The van der Waals surface area contributed by atoms with Gasteiger partial charge in [-0.1, -0.05) is 42.7 Å². The van der Waals surface area contributed by atoms with Gasteiger partial charge in [0.15, 0.2) is 0 Å². The van der Waals surface area contributed by atoms with Crippen LogP contribution in [0.25, 0.3) is 0 Å². The number of rotatable bonds is 5. The number of hydrogen-bond donors (Lipinski definition) is 1. The van der Waals surface area contributed by atoms with Crippen LogP contribution in [0.2, 0.25) is 0 Å². The molecule has 0 amide bonds. The van der Waals surface area contributed by atoms with Crippen molar-refractivity contribution in [3.63, 3.8) is 0 Å². The molecule has 3 nitrogen and oxygen atoms in total. The molecule has 0 aromatic heterocycles. The topological polar surface area (TPSA) is 41.8 Å². The van der Waals surface area contributed by atoms with Gasteiger partial charge in [0.05, 0.1) is 19.4 Å². The van der Waals surface area contributed by atoms with E-state index in [1.807, 2.05) is 24.3 Å². The van der Waals surface area contributed by atoms with Crippen LogP contribution in [0.15, 0.2) is 53.5 Å². The monoisotopic (exact) mass is 323 g/mol. The van der Waals surface area contributed by atoms with Gasteiger partial charge < -0.3 is 9.84 Å². The zero-order valence-electron chi connectivity index (χ0n) is 14.5. The summed E-state index contributed by atoms with van der Waals surface area (Å²) in [5.41, 5.74) is 3.38. The molecule has 0 unspecified atom stereocenters. The van der Waals surface area contributed by atoms with E-state index in [0.717, 1.165) is 48.3 Å². The second-order valence-electron chi connectivity index (χ2n) is 6.62. The van der Waals surface area contributed by atoms with Crippen LogP contribution in [0.4, 0.5) is 0 Å². The van der Waals surface area contributed by atoms with Crippen LogP contribution >= 0.6 is 0 Å². The molecule has 0 radical (unpaired) electrons. The summed E-state index contributed by atoms with van der Waals surface area (Å²) in [5, 5.41) is 11.1. The Kier molecular flexibility index (Phi) is 5.00. The number of aliphatic hydroxyl groups is 1. The van der Waals surface area contributed by atoms with Gasteiger partial charge in [0.25, 0.3) is 0 Å². The van der Waals surface area contributed by atoms with Crippen molar-refractivity contribution in [2.75, 3.05) is 7.11 Å². The van der Waals surface area contributed by atoms with Crippen molar-refractivity contribution >= 4 is 5.71 Å². The highest BCUT2D eigenvalue weighted by molar-refractivity contribution is 6.06. The molecule has 0 spiro atoms. The molecule has 0 saturated heterocycles. The highest BCUT2D eigenvalue weighted by atomic mass is 16.5. The number of ether oxygens (including phenoxy) is 1. The van der Waals surface area contributed by atoms with Crippen molar-refractivity contribution in [1.82, 2.24) is 0 Å². The van der Waals surface area contributed by atoms with E-state index in [9.17, 15) is 5.11 Å². The molecule has 0 atom stereocenters. The number of nitrogens with zero attached hydrogens (tertiary/aromatic N) is 1. The molecule has 1 N–H and O–H groups in total. The van der Waals surface area contributed by atoms with Gasteiger partial charge in [0, 0.05) is 0 Å². The fraction of sp³-hybridized carbons (Fsp3) is 0.381. The zero-order chi connectivity index (χ0) is 17.0. The van der Waals surface area contributed by atoms with E-state index in [-0.39, 0.29) is 0 Å². The fourth-order valence-corrected chi connectivity index (χ4v) is 3.32. The van der Waals surface area contributed by atoms with Crippen molar-refractivity contribution in [3.05, 3.63) is 65.2 Å². The number of aryl methyl sites for hydroxylation is 1. The highest BCUT2D eigenvalue weighted by Crippen LogP contribution is 2.33. The first kappa shape index (κ1) is 16.7. The molecule has 1 saturated carbocycles. The minimum atomic E-state index is -0.806. The molecule has 0 bridgehead atoms. The summed E-state index contributed by atoms with van der Waals surface area (Å²) in [5.74, 6) is 0.815. The third-order valence-corrected chi connectivity index (χ3v) is 4.78. The molecule has 1 aliphatic carbocycles. The predicted octanol–water partition coefficient (Wildman–Crippen LogP) is 4.30. The first-order valence-electron chi connectivity index (χ1n) is 8.58. The number of hydrogen-bond acceptors (Lipinski definition) is 3. The van der Waals surface area contributed by atoms with E-state index in [1.54, 1.807) is 7.11 Å². The van der Waals surface area contributed by atoms with Gasteiger partial charge in [0.1, 0.15) is 11.4 Å². The van der Waals surface area contributed by atoms with Gasteiger partial charge in [-0.15, -0.1) is 0 Å². The Balaban J connectivity index is 1.91. The summed E-state index contributed by atoms with van der Waals surface area (Å²) in [4.78, 5) is 4.83. The lowest BCUT2D eigenvalue weighted by Gasteiger charge is -2.25. The van der Waals surface area contributed by atoms with Crippen LogP contribution in [-0.2, 0) is 6.54 Å². The van der Waals surface area contributed by atoms with Crippen LogP contribution in [0.5, 0.6) is 5.75 Å². The van der Waals surface area contributed by atoms with Crippen LogP contribution in [-0.4, -0.2) is 23.5 Å². The third kappa shape index (κ3) is 3.68. The zero-order valence-corrected chi connectivity index (χ0v) is 14.5. The molecule has 2 aromatic rings. The summed E-state index contributed by atoms with van der Waals surface area (Å²) in [6.45, 7) is 2.67. The minimum absolute atomic E-state index is 0.587. The lowest BCUT2D eigenvalue weighted by Crippen LogP contribution is -2.36. The summed E-state index contributed by atoms with van der Waals surface area (Å²) in [6, 6.07) is 16.2. The third-order valence-electron chi connectivity index (χ3n) is 4.78. The molecular weight excluding hydrogens is 298 g/mol. The number of benzene rings is 2. The Labute approximate surface area is 144 Å². The van der Waals surface area contributed by atoms with Gasteiger partial charge in [-0.3, -0.25) is 4.99 Å². The largest absolute Gasteiger partial charge is 0.497 e. The van der Waals surface area contributed by atoms with Crippen LogP contribution in [0, 0.1) is 6.92 Å². The molecule has 24 heavy (non-hydrogen) atoms. The predicted molar refractivity (Wildman–Crippen MR) is 97.8 cm³/mol. The average Bonchev–Trinajstić information content (AvgIpc) is 3.05. The van der Waals surface area contributed by atoms with E-state index in [0.29, 0.717) is 6.54 Å². The fourth-order valence-electron chi connectivity index (χ4n) is 3.32.